The topological polar surface area (TPSA) is 27.8 Å². The maximum absolute atomic E-state index is 13.5. The summed E-state index contributed by atoms with van der Waals surface area (Å²) in [4.78, 5) is 3.23. The molecule has 1 heterocycles. The minimum absolute atomic E-state index is 0.158. The molecule has 2 N–H and O–H groups in total. The van der Waals surface area contributed by atoms with Crippen molar-refractivity contribution in [1.29, 1.82) is 0 Å². The van der Waals surface area contributed by atoms with Crippen LogP contribution in [0, 0.1) is 5.82 Å². The van der Waals surface area contributed by atoms with Gasteiger partial charge in [0.25, 0.3) is 0 Å². The number of H-pyrrole nitrogens is 1. The van der Waals surface area contributed by atoms with Gasteiger partial charge in [-0.3, -0.25) is 0 Å². The first kappa shape index (κ1) is 11.9. The molecule has 0 radical (unpaired) electrons. The highest BCUT2D eigenvalue weighted by Gasteiger charge is 2.03. The van der Waals surface area contributed by atoms with Crippen molar-refractivity contribution in [1.82, 2.24) is 10.3 Å². The number of benzene rings is 2. The average molecular weight is 254 g/mol. The van der Waals surface area contributed by atoms with E-state index in [2.05, 4.69) is 22.4 Å². The Morgan fingerprint density at radius 1 is 0.895 bits per heavy atom. The SMILES string of the molecule is Fc1ccccc1CNCc1c[nH]c2ccccc12. The molecule has 0 saturated carbocycles. The predicted molar refractivity (Wildman–Crippen MR) is 75.2 cm³/mol. The van der Waals surface area contributed by atoms with Crippen molar-refractivity contribution < 1.29 is 4.39 Å². The maximum atomic E-state index is 13.5. The molecule has 0 aliphatic rings. The molecule has 3 rings (SSSR count). The Labute approximate surface area is 111 Å². The summed E-state index contributed by atoms with van der Waals surface area (Å²) in [7, 11) is 0. The molecule has 3 aromatic rings. The summed E-state index contributed by atoms with van der Waals surface area (Å²) >= 11 is 0. The van der Waals surface area contributed by atoms with Crippen LogP contribution in [0.15, 0.2) is 54.7 Å². The zero-order valence-electron chi connectivity index (χ0n) is 10.5. The molecule has 0 unspecified atom stereocenters. The first-order valence-electron chi connectivity index (χ1n) is 6.34. The van der Waals surface area contributed by atoms with Gasteiger partial charge in [-0.05, 0) is 17.7 Å². The zero-order chi connectivity index (χ0) is 13.1. The highest BCUT2D eigenvalue weighted by Crippen LogP contribution is 2.17. The number of nitrogens with one attached hydrogen (secondary N) is 2. The zero-order valence-corrected chi connectivity index (χ0v) is 10.5. The molecule has 3 heteroatoms. The molecule has 1 aromatic heterocycles. The molecule has 0 atom stereocenters. The standard InChI is InChI=1S/C16H15FN2/c17-15-7-3-1-5-12(15)9-18-10-13-11-19-16-8-4-2-6-14(13)16/h1-8,11,18-19H,9-10H2. The summed E-state index contributed by atoms with van der Waals surface area (Å²) in [6.07, 6.45) is 2.00. The summed E-state index contributed by atoms with van der Waals surface area (Å²) in [5.41, 5.74) is 3.03. The van der Waals surface area contributed by atoms with Gasteiger partial charge in [-0.25, -0.2) is 4.39 Å². The number of fused-ring (bicyclic) bond motifs is 1. The van der Waals surface area contributed by atoms with Crippen LogP contribution in [0.25, 0.3) is 10.9 Å². The number of rotatable bonds is 4. The van der Waals surface area contributed by atoms with E-state index < -0.39 is 0 Å². The largest absolute Gasteiger partial charge is 0.361 e. The molecule has 19 heavy (non-hydrogen) atoms. The van der Waals surface area contributed by atoms with E-state index in [1.54, 1.807) is 12.1 Å². The smallest absolute Gasteiger partial charge is 0.127 e. The molecular formula is C16H15FN2. The van der Waals surface area contributed by atoms with Crippen LogP contribution in [0.5, 0.6) is 0 Å². The molecule has 2 nitrogen and oxygen atoms in total. The first-order chi connectivity index (χ1) is 9.34. The predicted octanol–water partition coefficient (Wildman–Crippen LogP) is 3.60. The van der Waals surface area contributed by atoms with E-state index in [1.165, 1.54) is 17.0 Å². The Morgan fingerprint density at radius 3 is 2.53 bits per heavy atom. The van der Waals surface area contributed by atoms with Crippen LogP contribution >= 0.6 is 0 Å². The van der Waals surface area contributed by atoms with Crippen molar-refractivity contribution in [2.75, 3.05) is 0 Å². The Bertz CT molecular complexity index is 688. The Hall–Kier alpha value is -2.13. The monoisotopic (exact) mass is 254 g/mol. The minimum Gasteiger partial charge on any atom is -0.361 e. The lowest BCUT2D eigenvalue weighted by Crippen LogP contribution is -2.13. The van der Waals surface area contributed by atoms with Crippen molar-refractivity contribution in [2.24, 2.45) is 0 Å². The highest BCUT2D eigenvalue weighted by molar-refractivity contribution is 5.82. The van der Waals surface area contributed by atoms with Gasteiger partial charge in [0.05, 0.1) is 0 Å². The number of aromatic amines is 1. The Morgan fingerprint density at radius 2 is 1.63 bits per heavy atom. The fourth-order valence-electron chi connectivity index (χ4n) is 2.25. The molecule has 0 aliphatic carbocycles. The van der Waals surface area contributed by atoms with Gasteiger partial charge < -0.3 is 10.3 Å². The lowest BCUT2D eigenvalue weighted by molar-refractivity contribution is 0.588. The summed E-state index contributed by atoms with van der Waals surface area (Å²) in [6, 6.07) is 15.0. The van der Waals surface area contributed by atoms with E-state index in [0.717, 1.165) is 12.1 Å². The van der Waals surface area contributed by atoms with Gasteiger partial charge in [0.1, 0.15) is 5.82 Å². The number of hydrogen-bond acceptors (Lipinski definition) is 1. The summed E-state index contributed by atoms with van der Waals surface area (Å²) in [5, 5.41) is 4.49. The molecule has 0 spiro atoms. The second-order valence-corrected chi connectivity index (χ2v) is 4.55. The maximum Gasteiger partial charge on any atom is 0.127 e. The molecule has 0 amide bonds. The Balaban J connectivity index is 1.68. The number of para-hydroxylation sites is 1. The fraction of sp³-hybridized carbons (Fsp3) is 0.125. The average Bonchev–Trinajstić information content (AvgIpc) is 2.85. The highest BCUT2D eigenvalue weighted by atomic mass is 19.1. The quantitative estimate of drug-likeness (QED) is 0.731. The normalized spacial score (nSPS) is 11.0. The Kier molecular flexibility index (Phi) is 3.29. The number of halogens is 1. The summed E-state index contributed by atoms with van der Waals surface area (Å²) in [6.45, 7) is 1.25. The van der Waals surface area contributed by atoms with Gasteiger partial charge in [0.15, 0.2) is 0 Å². The molecule has 96 valence electrons. The van der Waals surface area contributed by atoms with E-state index >= 15 is 0 Å². The van der Waals surface area contributed by atoms with Crippen LogP contribution in [0.1, 0.15) is 11.1 Å². The lowest BCUT2D eigenvalue weighted by atomic mass is 10.1. The van der Waals surface area contributed by atoms with Gasteiger partial charge >= 0.3 is 0 Å². The van der Waals surface area contributed by atoms with Crippen molar-refractivity contribution in [3.8, 4) is 0 Å². The molecule has 0 bridgehead atoms. The molecular weight excluding hydrogens is 239 g/mol. The van der Waals surface area contributed by atoms with Crippen molar-refractivity contribution >= 4 is 10.9 Å². The second kappa shape index (κ2) is 5.24. The van der Waals surface area contributed by atoms with Crippen LogP contribution in [0.4, 0.5) is 4.39 Å². The first-order valence-corrected chi connectivity index (χ1v) is 6.34. The minimum atomic E-state index is -0.158. The van der Waals surface area contributed by atoms with Crippen molar-refractivity contribution in [3.63, 3.8) is 0 Å². The molecule has 0 aliphatic heterocycles. The van der Waals surface area contributed by atoms with E-state index in [4.69, 9.17) is 0 Å². The van der Waals surface area contributed by atoms with Crippen molar-refractivity contribution in [3.05, 3.63) is 71.7 Å². The van der Waals surface area contributed by atoms with Crippen molar-refractivity contribution in [2.45, 2.75) is 13.1 Å². The lowest BCUT2D eigenvalue weighted by Gasteiger charge is -2.05. The second-order valence-electron chi connectivity index (χ2n) is 4.55. The van der Waals surface area contributed by atoms with E-state index in [1.807, 2.05) is 24.4 Å². The van der Waals surface area contributed by atoms with E-state index in [-0.39, 0.29) is 5.82 Å². The summed E-state index contributed by atoms with van der Waals surface area (Å²) < 4.78 is 13.5. The van der Waals surface area contributed by atoms with E-state index in [9.17, 15) is 4.39 Å². The van der Waals surface area contributed by atoms with Gasteiger partial charge in [-0.15, -0.1) is 0 Å². The van der Waals surface area contributed by atoms with Crippen LogP contribution in [0.2, 0.25) is 0 Å². The molecule has 0 saturated heterocycles. The van der Waals surface area contributed by atoms with Gasteiger partial charge in [0.2, 0.25) is 0 Å². The van der Waals surface area contributed by atoms with Crippen LogP contribution in [-0.2, 0) is 13.1 Å². The number of aromatic nitrogens is 1. The summed E-state index contributed by atoms with van der Waals surface area (Å²) in [5.74, 6) is -0.158. The fourth-order valence-corrected chi connectivity index (χ4v) is 2.25. The van der Waals surface area contributed by atoms with Crippen LogP contribution in [-0.4, -0.2) is 4.98 Å². The third kappa shape index (κ3) is 2.51. The van der Waals surface area contributed by atoms with Crippen LogP contribution < -0.4 is 5.32 Å². The van der Waals surface area contributed by atoms with Gasteiger partial charge in [-0.2, -0.15) is 0 Å². The molecule has 2 aromatic carbocycles. The van der Waals surface area contributed by atoms with E-state index in [0.29, 0.717) is 12.1 Å². The third-order valence-corrected chi connectivity index (χ3v) is 3.26. The molecule has 0 fully saturated rings. The van der Waals surface area contributed by atoms with Gasteiger partial charge in [-0.1, -0.05) is 36.4 Å². The third-order valence-electron chi connectivity index (χ3n) is 3.26. The number of hydrogen-bond donors (Lipinski definition) is 2. The van der Waals surface area contributed by atoms with Gasteiger partial charge in [0, 0.05) is 35.8 Å². The van der Waals surface area contributed by atoms with Crippen LogP contribution in [0.3, 0.4) is 0 Å².